The fraction of sp³-hybridized carbons (Fsp3) is 0.296. The Kier molecular flexibility index (Phi) is 6.53. The highest BCUT2D eigenvalue weighted by molar-refractivity contribution is 6.10. The van der Waals surface area contributed by atoms with Crippen molar-refractivity contribution in [2.75, 3.05) is 12.4 Å². The molecule has 0 aliphatic heterocycles. The van der Waals surface area contributed by atoms with Crippen LogP contribution in [-0.4, -0.2) is 12.9 Å². The summed E-state index contributed by atoms with van der Waals surface area (Å²) >= 11 is 0. The van der Waals surface area contributed by atoms with Gasteiger partial charge in [0.15, 0.2) is 0 Å². The predicted molar refractivity (Wildman–Crippen MR) is 127 cm³/mol. The Morgan fingerprint density at radius 3 is 1.83 bits per heavy atom. The fourth-order valence-corrected chi connectivity index (χ4v) is 3.74. The van der Waals surface area contributed by atoms with E-state index in [2.05, 4.69) is 112 Å². The highest BCUT2D eigenvalue weighted by Gasteiger charge is 2.19. The first-order valence-corrected chi connectivity index (χ1v) is 10.5. The summed E-state index contributed by atoms with van der Waals surface area (Å²) in [6.45, 7) is 11.2. The van der Waals surface area contributed by atoms with Crippen LogP contribution in [0.25, 0.3) is 11.1 Å². The maximum Gasteiger partial charge on any atom is 0.132 e. The van der Waals surface area contributed by atoms with Gasteiger partial charge in [-0.1, -0.05) is 82.3 Å². The number of anilines is 1. The molecule has 29 heavy (non-hydrogen) atoms. The monoisotopic (exact) mass is 384 g/mol. The standard InChI is InChI=1S/C27H32N2/c1-18(2)24-16-22(21-13-8-7-9-14-21)17-25(19(3)4)26(24)29-27(28-6)23-15-11-10-12-20(23)5/h7-19H,1-6H3,(H,28,29). The Morgan fingerprint density at radius 2 is 1.31 bits per heavy atom. The Bertz CT molecular complexity index is 969. The second-order valence-electron chi connectivity index (χ2n) is 8.22. The van der Waals surface area contributed by atoms with E-state index in [1.165, 1.54) is 33.5 Å². The van der Waals surface area contributed by atoms with E-state index in [0.717, 1.165) is 11.4 Å². The third-order valence-corrected chi connectivity index (χ3v) is 5.42. The minimum Gasteiger partial charge on any atom is -0.340 e. The Morgan fingerprint density at radius 1 is 0.759 bits per heavy atom. The molecule has 3 aromatic rings. The zero-order chi connectivity index (χ0) is 21.0. The van der Waals surface area contributed by atoms with E-state index in [0.29, 0.717) is 11.8 Å². The van der Waals surface area contributed by atoms with Crippen molar-refractivity contribution in [1.29, 1.82) is 0 Å². The van der Waals surface area contributed by atoms with Crippen molar-refractivity contribution in [2.24, 2.45) is 4.99 Å². The number of hydrogen-bond donors (Lipinski definition) is 1. The van der Waals surface area contributed by atoms with E-state index in [9.17, 15) is 0 Å². The second kappa shape index (κ2) is 9.09. The number of amidine groups is 1. The molecule has 0 aromatic heterocycles. The number of aliphatic imine (C=N–C) groups is 1. The van der Waals surface area contributed by atoms with Crippen molar-refractivity contribution in [3.05, 3.63) is 89.0 Å². The summed E-state index contributed by atoms with van der Waals surface area (Å²) in [5, 5.41) is 3.71. The van der Waals surface area contributed by atoms with Gasteiger partial charge in [-0.15, -0.1) is 0 Å². The van der Waals surface area contributed by atoms with Crippen LogP contribution in [0.5, 0.6) is 0 Å². The lowest BCUT2D eigenvalue weighted by Crippen LogP contribution is -2.18. The van der Waals surface area contributed by atoms with Gasteiger partial charge in [-0.05, 0) is 58.7 Å². The van der Waals surface area contributed by atoms with Crippen LogP contribution >= 0.6 is 0 Å². The average molecular weight is 385 g/mol. The molecule has 150 valence electrons. The minimum atomic E-state index is 0.397. The molecule has 0 amide bonds. The maximum atomic E-state index is 4.60. The predicted octanol–water partition coefficient (Wildman–Crippen LogP) is 7.40. The van der Waals surface area contributed by atoms with Gasteiger partial charge in [0.1, 0.15) is 5.84 Å². The molecule has 0 saturated carbocycles. The molecule has 0 radical (unpaired) electrons. The summed E-state index contributed by atoms with van der Waals surface area (Å²) in [7, 11) is 1.86. The van der Waals surface area contributed by atoms with Gasteiger partial charge in [-0.25, -0.2) is 0 Å². The van der Waals surface area contributed by atoms with Crippen molar-refractivity contribution in [3.8, 4) is 11.1 Å². The third kappa shape index (κ3) is 4.59. The molecular weight excluding hydrogens is 352 g/mol. The lowest BCUT2D eigenvalue weighted by atomic mass is 9.88. The van der Waals surface area contributed by atoms with Crippen LogP contribution in [0.1, 0.15) is 61.8 Å². The van der Waals surface area contributed by atoms with Crippen LogP contribution in [0.15, 0.2) is 71.7 Å². The molecule has 3 rings (SSSR count). The van der Waals surface area contributed by atoms with Gasteiger partial charge >= 0.3 is 0 Å². The number of nitrogens with one attached hydrogen (secondary N) is 1. The summed E-state index contributed by atoms with van der Waals surface area (Å²) in [6.07, 6.45) is 0. The molecule has 2 heteroatoms. The zero-order valence-electron chi connectivity index (χ0n) is 18.5. The number of benzene rings is 3. The molecule has 0 spiro atoms. The molecule has 0 saturated heterocycles. The summed E-state index contributed by atoms with van der Waals surface area (Å²) in [5.74, 6) is 1.71. The number of hydrogen-bond acceptors (Lipinski definition) is 1. The van der Waals surface area contributed by atoms with Crippen LogP contribution in [0.4, 0.5) is 5.69 Å². The Labute approximate surface area is 175 Å². The quantitative estimate of drug-likeness (QED) is 0.360. The lowest BCUT2D eigenvalue weighted by Gasteiger charge is -2.24. The normalized spacial score (nSPS) is 11.9. The van der Waals surface area contributed by atoms with E-state index in [1.807, 2.05) is 7.05 Å². The van der Waals surface area contributed by atoms with Gasteiger partial charge in [0.05, 0.1) is 0 Å². The topological polar surface area (TPSA) is 24.4 Å². The van der Waals surface area contributed by atoms with E-state index < -0.39 is 0 Å². The Balaban J connectivity index is 2.15. The Hall–Kier alpha value is -2.87. The van der Waals surface area contributed by atoms with Gasteiger partial charge < -0.3 is 5.32 Å². The van der Waals surface area contributed by atoms with E-state index in [1.54, 1.807) is 0 Å². The van der Waals surface area contributed by atoms with E-state index >= 15 is 0 Å². The number of aryl methyl sites for hydroxylation is 1. The van der Waals surface area contributed by atoms with Crippen molar-refractivity contribution in [3.63, 3.8) is 0 Å². The molecule has 2 nitrogen and oxygen atoms in total. The highest BCUT2D eigenvalue weighted by Crippen LogP contribution is 2.37. The molecular formula is C27H32N2. The fourth-order valence-electron chi connectivity index (χ4n) is 3.74. The van der Waals surface area contributed by atoms with Gasteiger partial charge in [0, 0.05) is 18.3 Å². The number of rotatable bonds is 5. The van der Waals surface area contributed by atoms with Crippen LogP contribution in [0.3, 0.4) is 0 Å². The van der Waals surface area contributed by atoms with Gasteiger partial charge in [0.25, 0.3) is 0 Å². The third-order valence-electron chi connectivity index (χ3n) is 5.42. The van der Waals surface area contributed by atoms with Crippen LogP contribution in [0.2, 0.25) is 0 Å². The first kappa shape index (κ1) is 20.9. The van der Waals surface area contributed by atoms with Crippen LogP contribution in [-0.2, 0) is 0 Å². The van der Waals surface area contributed by atoms with Gasteiger partial charge in [-0.2, -0.15) is 0 Å². The largest absolute Gasteiger partial charge is 0.340 e. The second-order valence-corrected chi connectivity index (χ2v) is 8.22. The first-order valence-electron chi connectivity index (χ1n) is 10.5. The molecule has 0 aliphatic carbocycles. The SMILES string of the molecule is CN=C(Nc1c(C(C)C)cc(-c2ccccc2)cc1C(C)C)c1ccccc1C. The van der Waals surface area contributed by atoms with Crippen LogP contribution < -0.4 is 5.32 Å². The molecule has 0 heterocycles. The summed E-state index contributed by atoms with van der Waals surface area (Å²) in [6, 6.07) is 23.7. The minimum absolute atomic E-state index is 0.397. The summed E-state index contributed by atoms with van der Waals surface area (Å²) < 4.78 is 0. The van der Waals surface area contributed by atoms with Gasteiger partial charge in [-0.3, -0.25) is 4.99 Å². The number of nitrogens with zero attached hydrogens (tertiary/aromatic N) is 1. The smallest absolute Gasteiger partial charge is 0.132 e. The highest BCUT2D eigenvalue weighted by atomic mass is 15.0. The van der Waals surface area contributed by atoms with E-state index in [4.69, 9.17) is 0 Å². The molecule has 0 atom stereocenters. The van der Waals surface area contributed by atoms with Gasteiger partial charge in [0.2, 0.25) is 0 Å². The summed E-state index contributed by atoms with van der Waals surface area (Å²) in [5.41, 5.74) is 8.74. The van der Waals surface area contributed by atoms with Crippen molar-refractivity contribution < 1.29 is 0 Å². The molecule has 0 unspecified atom stereocenters. The van der Waals surface area contributed by atoms with Crippen LogP contribution in [0, 0.1) is 6.92 Å². The zero-order valence-corrected chi connectivity index (χ0v) is 18.5. The first-order chi connectivity index (χ1) is 13.9. The average Bonchev–Trinajstić information content (AvgIpc) is 2.72. The van der Waals surface area contributed by atoms with Crippen molar-refractivity contribution in [1.82, 2.24) is 0 Å². The van der Waals surface area contributed by atoms with E-state index in [-0.39, 0.29) is 0 Å². The lowest BCUT2D eigenvalue weighted by molar-refractivity contribution is 0.839. The van der Waals surface area contributed by atoms with Crippen molar-refractivity contribution >= 4 is 11.5 Å². The maximum absolute atomic E-state index is 4.60. The summed E-state index contributed by atoms with van der Waals surface area (Å²) in [4.78, 5) is 4.60. The molecule has 0 fully saturated rings. The molecule has 1 N–H and O–H groups in total. The molecule has 3 aromatic carbocycles. The molecule has 0 bridgehead atoms. The molecule has 0 aliphatic rings. The van der Waals surface area contributed by atoms with Crippen molar-refractivity contribution in [2.45, 2.75) is 46.5 Å².